The number of carboxylic acid groups (broad SMARTS) is 1. The Morgan fingerprint density at radius 1 is 1.60 bits per heavy atom. The van der Waals surface area contributed by atoms with Gasteiger partial charge in [-0.1, -0.05) is 0 Å². The molecule has 0 spiro atoms. The summed E-state index contributed by atoms with van der Waals surface area (Å²) in [5.41, 5.74) is 0. The normalized spacial score (nSPS) is 7.40. The molecule has 10 heavy (non-hydrogen) atoms. The summed E-state index contributed by atoms with van der Waals surface area (Å²) in [7, 11) is 0. The molecule has 0 radical (unpaired) electrons. The molecule has 0 unspecified atom stereocenters. The van der Waals surface area contributed by atoms with Crippen molar-refractivity contribution >= 4 is 28.6 Å². The topological polar surface area (TPSA) is 50.2 Å². The molecule has 1 aromatic rings. The van der Waals surface area contributed by atoms with Crippen LogP contribution in [-0.4, -0.2) is 34.3 Å². The van der Waals surface area contributed by atoms with E-state index in [0.717, 1.165) is 4.37 Å². The van der Waals surface area contributed by atoms with Gasteiger partial charge in [0.2, 0.25) is 0 Å². The first-order chi connectivity index (χ1) is 4.81. The Morgan fingerprint density at radius 3 is 2.40 bits per heavy atom. The second-order valence-corrected chi connectivity index (χ2v) is 1.58. The summed E-state index contributed by atoms with van der Waals surface area (Å²) in [5.74, 6) is 0. The summed E-state index contributed by atoms with van der Waals surface area (Å²) in [4.78, 5) is 12.3. The number of carbonyl (C=O) groups is 1. The van der Waals surface area contributed by atoms with Crippen molar-refractivity contribution in [1.82, 2.24) is 4.98 Å². The van der Waals surface area contributed by atoms with E-state index in [9.17, 15) is 0 Å². The number of rotatable bonds is 0. The van der Waals surface area contributed by atoms with Crippen molar-refractivity contribution in [2.24, 2.45) is 0 Å². The first kappa shape index (κ1) is 9.22. The van der Waals surface area contributed by atoms with Crippen LogP contribution >= 0.6 is 0 Å². The van der Waals surface area contributed by atoms with Crippen LogP contribution in [0.15, 0.2) is 24.4 Å². The molecule has 0 saturated carbocycles. The second-order valence-electron chi connectivity index (χ2n) is 1.58. The standard InChI is InChI=1S/C5H4N.CH2O2.Li/c1-2-4-6-5-3-1;2-1-3;/h1-4H;1H,(H,2,3);. The Morgan fingerprint density at radius 2 is 2.20 bits per heavy atom. The van der Waals surface area contributed by atoms with Gasteiger partial charge < -0.3 is 5.11 Å². The minimum absolute atomic E-state index is 0.250. The van der Waals surface area contributed by atoms with Gasteiger partial charge in [-0.15, -0.1) is 0 Å². The number of hydrogen-bond donors (Lipinski definition) is 1. The van der Waals surface area contributed by atoms with E-state index >= 15 is 0 Å². The molecule has 0 aliphatic carbocycles. The summed E-state index contributed by atoms with van der Waals surface area (Å²) < 4.78 is 1.07. The second kappa shape index (κ2) is 6.34. The van der Waals surface area contributed by atoms with Crippen molar-refractivity contribution in [1.29, 1.82) is 0 Å². The van der Waals surface area contributed by atoms with Crippen LogP contribution in [0.5, 0.6) is 0 Å². The van der Waals surface area contributed by atoms with Gasteiger partial charge in [-0.25, -0.2) is 0 Å². The maximum atomic E-state index is 8.36. The zero-order valence-corrected chi connectivity index (χ0v) is 5.69. The first-order valence-corrected chi connectivity index (χ1v) is 2.76. The summed E-state index contributed by atoms with van der Waals surface area (Å²) in [6.07, 6.45) is 1.79. The van der Waals surface area contributed by atoms with E-state index in [0.29, 0.717) is 0 Å². The Labute approximate surface area is 68.3 Å². The van der Waals surface area contributed by atoms with Crippen molar-refractivity contribution in [3.63, 3.8) is 0 Å². The molecule has 0 fully saturated rings. The minimum atomic E-state index is -0.250. The van der Waals surface area contributed by atoms with E-state index in [1.54, 1.807) is 6.20 Å². The first-order valence-electron chi connectivity index (χ1n) is 2.76. The van der Waals surface area contributed by atoms with Crippen molar-refractivity contribution in [3.8, 4) is 0 Å². The van der Waals surface area contributed by atoms with Crippen LogP contribution in [0.25, 0.3) is 0 Å². The molecule has 1 heterocycles. The van der Waals surface area contributed by atoms with Crippen LogP contribution in [0.3, 0.4) is 0 Å². The summed E-state index contributed by atoms with van der Waals surface area (Å²) in [6, 6.07) is 5.86. The SMILES string of the molecule is O=CO.[Li][c]1ccccn1. The Bertz CT molecular complexity index is 178. The fourth-order valence-electron chi connectivity index (χ4n) is 0.448. The van der Waals surface area contributed by atoms with Gasteiger partial charge >= 0.3 is 51.5 Å². The van der Waals surface area contributed by atoms with Gasteiger partial charge in [-0.3, -0.25) is 4.79 Å². The van der Waals surface area contributed by atoms with Crippen LogP contribution < -0.4 is 4.37 Å². The molecule has 0 aliphatic heterocycles. The Kier molecular flexibility index (Phi) is 5.84. The molecule has 0 atom stereocenters. The van der Waals surface area contributed by atoms with E-state index in [1.165, 1.54) is 0 Å². The van der Waals surface area contributed by atoms with E-state index in [1.807, 2.05) is 35.9 Å². The van der Waals surface area contributed by atoms with Gasteiger partial charge in [0.15, 0.2) is 0 Å². The van der Waals surface area contributed by atoms with Gasteiger partial charge in [-0.2, -0.15) is 0 Å². The van der Waals surface area contributed by atoms with Gasteiger partial charge in [-0.05, 0) is 0 Å². The third-order valence-electron chi connectivity index (χ3n) is 0.813. The summed E-state index contributed by atoms with van der Waals surface area (Å²) in [6.45, 7) is -0.250. The third-order valence-corrected chi connectivity index (χ3v) is 0.813. The van der Waals surface area contributed by atoms with Crippen molar-refractivity contribution in [2.45, 2.75) is 0 Å². The Hall–Kier alpha value is -0.783. The average Bonchev–Trinajstić information content (AvgIpc) is 1.91. The molecule has 3 nitrogen and oxygen atoms in total. The van der Waals surface area contributed by atoms with E-state index in [4.69, 9.17) is 9.90 Å². The maximum absolute atomic E-state index is 8.36. The molecular formula is C6H6LiNO2. The predicted octanol–water partition coefficient (Wildman–Crippen LogP) is -0.424. The molecule has 1 N–H and O–H groups in total. The molecule has 0 saturated heterocycles. The summed E-state index contributed by atoms with van der Waals surface area (Å²) >= 11 is 1.97. The van der Waals surface area contributed by atoms with Crippen LogP contribution in [0.1, 0.15) is 0 Å². The van der Waals surface area contributed by atoms with Crippen LogP contribution in [0, 0.1) is 0 Å². The zero-order valence-electron chi connectivity index (χ0n) is 5.69. The monoisotopic (exact) mass is 131 g/mol. The van der Waals surface area contributed by atoms with Crippen LogP contribution in [0.4, 0.5) is 0 Å². The molecule has 0 bridgehead atoms. The van der Waals surface area contributed by atoms with E-state index < -0.39 is 0 Å². The number of hydrogen-bond acceptors (Lipinski definition) is 2. The molecule has 48 valence electrons. The predicted molar refractivity (Wildman–Crippen MR) is 38.3 cm³/mol. The van der Waals surface area contributed by atoms with Crippen molar-refractivity contribution < 1.29 is 9.90 Å². The Balaban J connectivity index is 0.000000236. The number of nitrogens with zero attached hydrogens (tertiary/aromatic N) is 1. The fraction of sp³-hybridized carbons (Fsp3) is 0. The van der Waals surface area contributed by atoms with E-state index in [-0.39, 0.29) is 6.47 Å². The molecule has 4 heteroatoms. The van der Waals surface area contributed by atoms with Gasteiger partial charge in [0.05, 0.1) is 0 Å². The van der Waals surface area contributed by atoms with Crippen LogP contribution in [-0.2, 0) is 4.79 Å². The zero-order chi connectivity index (χ0) is 7.82. The number of pyridine rings is 1. The van der Waals surface area contributed by atoms with Crippen LogP contribution in [0.2, 0.25) is 0 Å². The third kappa shape index (κ3) is 5.36. The quantitative estimate of drug-likeness (QED) is 0.384. The molecule has 0 aromatic carbocycles. The molecular weight excluding hydrogens is 125 g/mol. The van der Waals surface area contributed by atoms with Gasteiger partial charge in [0.1, 0.15) is 0 Å². The molecule has 1 aromatic heterocycles. The fourth-order valence-corrected chi connectivity index (χ4v) is 0.448. The average molecular weight is 131 g/mol. The molecule has 1 rings (SSSR count). The molecule has 0 aliphatic rings. The van der Waals surface area contributed by atoms with E-state index in [2.05, 4.69) is 4.98 Å². The number of aromatic nitrogens is 1. The van der Waals surface area contributed by atoms with Gasteiger partial charge in [0.25, 0.3) is 6.47 Å². The summed E-state index contributed by atoms with van der Waals surface area (Å²) in [5, 5.41) is 6.89. The molecule has 0 amide bonds. The van der Waals surface area contributed by atoms with Crippen molar-refractivity contribution in [2.75, 3.05) is 0 Å². The van der Waals surface area contributed by atoms with Gasteiger partial charge in [0, 0.05) is 0 Å². The van der Waals surface area contributed by atoms with Crippen molar-refractivity contribution in [3.05, 3.63) is 24.4 Å².